The van der Waals surface area contributed by atoms with E-state index in [1.165, 1.54) is 0 Å². The minimum atomic E-state index is -0.0356. The molecule has 2 rings (SSSR count). The Morgan fingerprint density at radius 1 is 1.29 bits per heavy atom. The summed E-state index contributed by atoms with van der Waals surface area (Å²) in [7, 11) is 0. The smallest absolute Gasteiger partial charge is 0.129 e. The fourth-order valence-corrected chi connectivity index (χ4v) is 1.68. The summed E-state index contributed by atoms with van der Waals surface area (Å²) in [5.74, 6) is 1.76. The molecular weight excluding hydrogens is 216 g/mol. The highest BCUT2D eigenvalue weighted by molar-refractivity contribution is 5.39. The minimum Gasteiger partial charge on any atom is -0.467 e. The van der Waals surface area contributed by atoms with Crippen molar-refractivity contribution in [1.29, 1.82) is 0 Å². The third-order valence-corrected chi connectivity index (χ3v) is 2.59. The molecule has 2 aromatic rings. The molecule has 0 spiro atoms. The molecule has 4 nitrogen and oxygen atoms in total. The maximum Gasteiger partial charge on any atom is 0.129 e. The predicted molar refractivity (Wildman–Crippen MR) is 65.6 cm³/mol. The Hall–Kier alpha value is -1.81. The first-order valence-corrected chi connectivity index (χ1v) is 5.67. The van der Waals surface area contributed by atoms with Crippen LogP contribution in [0.4, 0.5) is 5.82 Å². The fourth-order valence-electron chi connectivity index (χ4n) is 1.68. The largest absolute Gasteiger partial charge is 0.467 e. The number of hydrogen-bond acceptors (Lipinski definition) is 4. The molecule has 0 saturated heterocycles. The monoisotopic (exact) mass is 232 g/mol. The van der Waals surface area contributed by atoms with Crippen LogP contribution >= 0.6 is 0 Å². The molecule has 0 aromatic carbocycles. The second kappa shape index (κ2) is 5.50. The van der Waals surface area contributed by atoms with E-state index >= 15 is 0 Å². The van der Waals surface area contributed by atoms with E-state index in [2.05, 4.69) is 16.8 Å². The molecule has 2 heterocycles. The summed E-state index contributed by atoms with van der Waals surface area (Å²) in [6.45, 7) is 3.55. The maximum absolute atomic E-state index is 9.07. The highest BCUT2D eigenvalue weighted by atomic mass is 16.3. The number of furan rings is 1. The normalized spacial score (nSPS) is 10.5. The third kappa shape index (κ3) is 2.85. The average Bonchev–Trinajstić information content (AvgIpc) is 2.89. The van der Waals surface area contributed by atoms with Crippen LogP contribution in [-0.2, 0) is 13.2 Å². The van der Waals surface area contributed by atoms with Crippen LogP contribution in [0.1, 0.15) is 18.4 Å². The van der Waals surface area contributed by atoms with E-state index in [1.807, 2.05) is 30.3 Å². The van der Waals surface area contributed by atoms with Crippen molar-refractivity contribution in [1.82, 2.24) is 4.98 Å². The van der Waals surface area contributed by atoms with Crippen molar-refractivity contribution in [2.24, 2.45) is 0 Å². The van der Waals surface area contributed by atoms with Gasteiger partial charge in [0.05, 0.1) is 25.1 Å². The maximum atomic E-state index is 9.07. The van der Waals surface area contributed by atoms with Gasteiger partial charge in [-0.1, -0.05) is 6.07 Å². The Morgan fingerprint density at radius 2 is 2.18 bits per heavy atom. The van der Waals surface area contributed by atoms with Crippen LogP contribution in [0, 0.1) is 0 Å². The van der Waals surface area contributed by atoms with Crippen molar-refractivity contribution in [2.45, 2.75) is 20.1 Å². The van der Waals surface area contributed by atoms with Gasteiger partial charge in [0.2, 0.25) is 0 Å². The van der Waals surface area contributed by atoms with Crippen LogP contribution in [-0.4, -0.2) is 16.6 Å². The van der Waals surface area contributed by atoms with Gasteiger partial charge in [0, 0.05) is 6.54 Å². The number of aromatic nitrogens is 1. The number of aliphatic hydroxyl groups is 1. The summed E-state index contributed by atoms with van der Waals surface area (Å²) < 4.78 is 5.33. The Kier molecular flexibility index (Phi) is 3.77. The van der Waals surface area contributed by atoms with E-state index in [1.54, 1.807) is 6.26 Å². The molecule has 0 saturated carbocycles. The molecule has 0 aliphatic heterocycles. The molecule has 0 amide bonds. The Balaban J connectivity index is 2.16. The number of pyridine rings is 1. The summed E-state index contributed by atoms with van der Waals surface area (Å²) >= 11 is 0. The van der Waals surface area contributed by atoms with Crippen LogP contribution in [0.5, 0.6) is 0 Å². The number of aliphatic hydroxyl groups excluding tert-OH is 1. The summed E-state index contributed by atoms with van der Waals surface area (Å²) in [5, 5.41) is 9.07. The van der Waals surface area contributed by atoms with Gasteiger partial charge < -0.3 is 14.4 Å². The Bertz CT molecular complexity index is 454. The lowest BCUT2D eigenvalue weighted by molar-refractivity contribution is 0.277. The number of nitrogens with zero attached hydrogens (tertiary/aromatic N) is 2. The summed E-state index contributed by atoms with van der Waals surface area (Å²) in [5.41, 5.74) is 0.681. The van der Waals surface area contributed by atoms with Gasteiger partial charge in [-0.25, -0.2) is 4.98 Å². The standard InChI is InChI=1S/C13H16N2O2/c1-2-15(9-12-6-4-8-17-12)13-7-3-5-11(10-16)14-13/h3-8,16H,2,9-10H2,1H3. The number of hydrogen-bond donors (Lipinski definition) is 1. The van der Waals surface area contributed by atoms with E-state index in [9.17, 15) is 0 Å². The predicted octanol–water partition coefficient (Wildman–Crippen LogP) is 2.19. The van der Waals surface area contributed by atoms with Crippen LogP contribution in [0.3, 0.4) is 0 Å². The first-order chi connectivity index (χ1) is 8.33. The van der Waals surface area contributed by atoms with Gasteiger partial charge in [0.15, 0.2) is 0 Å². The zero-order chi connectivity index (χ0) is 12.1. The number of rotatable bonds is 5. The molecule has 90 valence electrons. The van der Waals surface area contributed by atoms with Crippen molar-refractivity contribution < 1.29 is 9.52 Å². The highest BCUT2D eigenvalue weighted by Crippen LogP contribution is 2.15. The summed E-state index contributed by atoms with van der Waals surface area (Å²) in [6.07, 6.45) is 1.67. The van der Waals surface area contributed by atoms with E-state index < -0.39 is 0 Å². The van der Waals surface area contributed by atoms with E-state index in [-0.39, 0.29) is 6.61 Å². The summed E-state index contributed by atoms with van der Waals surface area (Å²) in [6, 6.07) is 9.47. The van der Waals surface area contributed by atoms with Gasteiger partial charge in [-0.05, 0) is 31.2 Å². The van der Waals surface area contributed by atoms with E-state index in [4.69, 9.17) is 9.52 Å². The van der Waals surface area contributed by atoms with Crippen LogP contribution in [0.25, 0.3) is 0 Å². The second-order valence-electron chi connectivity index (χ2n) is 3.74. The van der Waals surface area contributed by atoms with Crippen molar-refractivity contribution >= 4 is 5.82 Å². The first-order valence-electron chi connectivity index (χ1n) is 5.67. The molecule has 1 N–H and O–H groups in total. The van der Waals surface area contributed by atoms with Gasteiger partial charge in [-0.2, -0.15) is 0 Å². The van der Waals surface area contributed by atoms with Crippen LogP contribution < -0.4 is 4.90 Å². The SMILES string of the molecule is CCN(Cc1ccco1)c1cccc(CO)n1. The molecule has 0 aliphatic rings. The van der Waals surface area contributed by atoms with Gasteiger partial charge in [-0.3, -0.25) is 0 Å². The van der Waals surface area contributed by atoms with Crippen molar-refractivity contribution in [3.8, 4) is 0 Å². The summed E-state index contributed by atoms with van der Waals surface area (Å²) in [4.78, 5) is 6.47. The molecule has 0 unspecified atom stereocenters. The lowest BCUT2D eigenvalue weighted by atomic mass is 10.3. The average molecular weight is 232 g/mol. The zero-order valence-corrected chi connectivity index (χ0v) is 9.84. The molecule has 0 aliphatic carbocycles. The number of anilines is 1. The molecule has 0 fully saturated rings. The van der Waals surface area contributed by atoms with E-state index in [0.29, 0.717) is 12.2 Å². The molecular formula is C13H16N2O2. The molecule has 0 radical (unpaired) electrons. The van der Waals surface area contributed by atoms with Gasteiger partial charge in [0.1, 0.15) is 11.6 Å². The molecule has 2 aromatic heterocycles. The van der Waals surface area contributed by atoms with Gasteiger partial charge >= 0.3 is 0 Å². The topological polar surface area (TPSA) is 49.5 Å². The quantitative estimate of drug-likeness (QED) is 0.858. The van der Waals surface area contributed by atoms with E-state index in [0.717, 1.165) is 18.1 Å². The molecule has 0 atom stereocenters. The van der Waals surface area contributed by atoms with Crippen molar-refractivity contribution in [2.75, 3.05) is 11.4 Å². The zero-order valence-electron chi connectivity index (χ0n) is 9.84. The highest BCUT2D eigenvalue weighted by Gasteiger charge is 2.08. The molecule has 0 bridgehead atoms. The van der Waals surface area contributed by atoms with Crippen molar-refractivity contribution in [3.05, 3.63) is 48.0 Å². The lowest BCUT2D eigenvalue weighted by Crippen LogP contribution is -2.23. The minimum absolute atomic E-state index is 0.0356. The fraction of sp³-hybridized carbons (Fsp3) is 0.308. The first kappa shape index (κ1) is 11.7. The Morgan fingerprint density at radius 3 is 2.82 bits per heavy atom. The van der Waals surface area contributed by atoms with Gasteiger partial charge in [0.25, 0.3) is 0 Å². The molecule has 17 heavy (non-hydrogen) atoms. The lowest BCUT2D eigenvalue weighted by Gasteiger charge is -2.21. The van der Waals surface area contributed by atoms with Gasteiger partial charge in [-0.15, -0.1) is 0 Å². The van der Waals surface area contributed by atoms with Crippen LogP contribution in [0.15, 0.2) is 41.0 Å². The van der Waals surface area contributed by atoms with Crippen molar-refractivity contribution in [3.63, 3.8) is 0 Å². The van der Waals surface area contributed by atoms with Crippen LogP contribution in [0.2, 0.25) is 0 Å². The second-order valence-corrected chi connectivity index (χ2v) is 3.74. The third-order valence-electron chi connectivity index (χ3n) is 2.59. The molecule has 4 heteroatoms. The Labute approximate surface area is 101 Å².